The molecule has 21 heavy (non-hydrogen) atoms. The fourth-order valence-corrected chi connectivity index (χ4v) is 2.39. The van der Waals surface area contributed by atoms with Gasteiger partial charge in [0.2, 0.25) is 5.88 Å². The van der Waals surface area contributed by atoms with Crippen LogP contribution in [-0.4, -0.2) is 11.5 Å². The molecule has 0 aliphatic carbocycles. The molecule has 0 fully saturated rings. The van der Waals surface area contributed by atoms with E-state index in [2.05, 4.69) is 31.1 Å². The van der Waals surface area contributed by atoms with E-state index in [0.29, 0.717) is 11.9 Å². The minimum atomic E-state index is 0.291. The van der Waals surface area contributed by atoms with E-state index >= 15 is 0 Å². The number of hydrogen-bond acceptors (Lipinski definition) is 3. The second kappa shape index (κ2) is 7.43. The van der Waals surface area contributed by atoms with Gasteiger partial charge >= 0.3 is 0 Å². The average molecular weight is 305 g/mol. The molecule has 0 spiro atoms. The van der Waals surface area contributed by atoms with Crippen molar-refractivity contribution in [3.8, 4) is 11.6 Å². The molecule has 2 aromatic rings. The van der Waals surface area contributed by atoms with Crippen LogP contribution in [0.4, 0.5) is 0 Å². The van der Waals surface area contributed by atoms with Crippen molar-refractivity contribution >= 4 is 11.6 Å². The Bertz CT molecular complexity index is 584. The van der Waals surface area contributed by atoms with Crippen LogP contribution >= 0.6 is 11.6 Å². The van der Waals surface area contributed by atoms with E-state index < -0.39 is 0 Å². The van der Waals surface area contributed by atoms with Crippen molar-refractivity contribution in [3.05, 3.63) is 52.7 Å². The van der Waals surface area contributed by atoms with E-state index in [-0.39, 0.29) is 0 Å². The molecule has 1 heterocycles. The highest BCUT2D eigenvalue weighted by atomic mass is 35.5. The quantitative estimate of drug-likeness (QED) is 0.835. The standard InChI is InChI=1S/C17H21ClN2O/c1-4-13-10-15(7-8-16(13)18)21-17-9-6-14(11-20-17)12(3)19-5-2/h6-12,19H,4-5H2,1-3H3. The molecule has 1 unspecified atom stereocenters. The lowest BCUT2D eigenvalue weighted by atomic mass is 10.1. The van der Waals surface area contributed by atoms with Crippen LogP contribution in [0.3, 0.4) is 0 Å². The Kier molecular flexibility index (Phi) is 5.59. The fraction of sp³-hybridized carbons (Fsp3) is 0.353. The summed E-state index contributed by atoms with van der Waals surface area (Å²) in [6, 6.07) is 9.89. The lowest BCUT2D eigenvalue weighted by Crippen LogP contribution is -2.17. The maximum atomic E-state index is 6.11. The summed E-state index contributed by atoms with van der Waals surface area (Å²) in [5.74, 6) is 1.35. The number of rotatable bonds is 6. The maximum Gasteiger partial charge on any atom is 0.219 e. The van der Waals surface area contributed by atoms with Crippen LogP contribution in [0.5, 0.6) is 11.6 Å². The molecule has 4 heteroatoms. The third kappa shape index (κ3) is 4.19. The van der Waals surface area contributed by atoms with Gasteiger partial charge in [-0.2, -0.15) is 0 Å². The molecule has 1 aromatic heterocycles. The highest BCUT2D eigenvalue weighted by Gasteiger charge is 2.06. The lowest BCUT2D eigenvalue weighted by molar-refractivity contribution is 0.461. The zero-order valence-corrected chi connectivity index (χ0v) is 13.4. The highest BCUT2D eigenvalue weighted by molar-refractivity contribution is 6.31. The number of hydrogen-bond donors (Lipinski definition) is 1. The van der Waals surface area contributed by atoms with Gasteiger partial charge in [0.1, 0.15) is 5.75 Å². The molecule has 0 bridgehead atoms. The molecule has 0 aliphatic rings. The Morgan fingerprint density at radius 3 is 2.67 bits per heavy atom. The van der Waals surface area contributed by atoms with Crippen molar-refractivity contribution in [3.63, 3.8) is 0 Å². The molecule has 112 valence electrons. The largest absolute Gasteiger partial charge is 0.439 e. The van der Waals surface area contributed by atoms with E-state index in [0.717, 1.165) is 34.9 Å². The second-order valence-electron chi connectivity index (χ2n) is 4.92. The number of benzene rings is 1. The van der Waals surface area contributed by atoms with Gasteiger partial charge in [0, 0.05) is 23.3 Å². The first kappa shape index (κ1) is 15.8. The van der Waals surface area contributed by atoms with Gasteiger partial charge in [-0.05, 0) is 49.2 Å². The third-order valence-corrected chi connectivity index (χ3v) is 3.76. The van der Waals surface area contributed by atoms with Crippen molar-refractivity contribution in [1.29, 1.82) is 0 Å². The Balaban J connectivity index is 2.09. The number of aromatic nitrogens is 1. The van der Waals surface area contributed by atoms with Gasteiger partial charge < -0.3 is 10.1 Å². The first-order chi connectivity index (χ1) is 10.1. The summed E-state index contributed by atoms with van der Waals surface area (Å²) in [5.41, 5.74) is 2.22. The van der Waals surface area contributed by atoms with Crippen LogP contribution in [-0.2, 0) is 6.42 Å². The molecule has 0 saturated heterocycles. The first-order valence-corrected chi connectivity index (χ1v) is 7.67. The summed E-state index contributed by atoms with van der Waals surface area (Å²) < 4.78 is 5.78. The van der Waals surface area contributed by atoms with Gasteiger partial charge in [0.15, 0.2) is 0 Å². The molecule has 0 aliphatic heterocycles. The molecular formula is C17H21ClN2O. The van der Waals surface area contributed by atoms with Crippen molar-refractivity contribution in [2.75, 3.05) is 6.54 Å². The van der Waals surface area contributed by atoms with Crippen LogP contribution in [0.2, 0.25) is 5.02 Å². The van der Waals surface area contributed by atoms with Gasteiger partial charge in [-0.1, -0.05) is 31.5 Å². The van der Waals surface area contributed by atoms with Gasteiger partial charge in [0.25, 0.3) is 0 Å². The van der Waals surface area contributed by atoms with Gasteiger partial charge in [-0.15, -0.1) is 0 Å². The van der Waals surface area contributed by atoms with Crippen LogP contribution in [0.15, 0.2) is 36.5 Å². The number of pyridine rings is 1. The summed E-state index contributed by atoms with van der Waals surface area (Å²) in [7, 11) is 0. The molecule has 0 radical (unpaired) electrons. The van der Waals surface area contributed by atoms with Crippen LogP contribution in [0.1, 0.15) is 37.9 Å². The van der Waals surface area contributed by atoms with Gasteiger partial charge in [-0.25, -0.2) is 4.98 Å². The maximum absolute atomic E-state index is 6.11. The number of aryl methyl sites for hydroxylation is 1. The summed E-state index contributed by atoms with van der Waals surface area (Å²) in [5, 5.41) is 4.13. The van der Waals surface area contributed by atoms with E-state index in [1.165, 1.54) is 0 Å². The van der Waals surface area contributed by atoms with Gasteiger partial charge in [-0.3, -0.25) is 0 Å². The molecule has 0 amide bonds. The zero-order chi connectivity index (χ0) is 15.2. The smallest absolute Gasteiger partial charge is 0.219 e. The van der Waals surface area contributed by atoms with Crippen LogP contribution in [0.25, 0.3) is 0 Å². The zero-order valence-electron chi connectivity index (χ0n) is 12.7. The van der Waals surface area contributed by atoms with E-state index in [4.69, 9.17) is 16.3 Å². The average Bonchev–Trinajstić information content (AvgIpc) is 2.50. The van der Waals surface area contributed by atoms with E-state index in [9.17, 15) is 0 Å². The SMILES string of the molecule is CCNC(C)c1ccc(Oc2ccc(Cl)c(CC)c2)nc1. The number of halogens is 1. The van der Waals surface area contributed by atoms with Crippen molar-refractivity contribution < 1.29 is 4.74 Å². The Hall–Kier alpha value is -1.58. The minimum Gasteiger partial charge on any atom is -0.439 e. The molecular weight excluding hydrogens is 284 g/mol. The Labute approximate surface area is 131 Å². The topological polar surface area (TPSA) is 34.1 Å². The molecule has 0 saturated carbocycles. The Morgan fingerprint density at radius 1 is 1.24 bits per heavy atom. The molecule has 1 N–H and O–H groups in total. The summed E-state index contributed by atoms with van der Waals surface area (Å²) in [4.78, 5) is 4.36. The summed E-state index contributed by atoms with van der Waals surface area (Å²) in [6.07, 6.45) is 2.72. The van der Waals surface area contributed by atoms with Crippen molar-refractivity contribution in [2.24, 2.45) is 0 Å². The van der Waals surface area contributed by atoms with E-state index in [1.54, 1.807) is 0 Å². The van der Waals surface area contributed by atoms with E-state index in [1.807, 2.05) is 36.5 Å². The van der Waals surface area contributed by atoms with Crippen LogP contribution in [0, 0.1) is 0 Å². The lowest BCUT2D eigenvalue weighted by Gasteiger charge is -2.13. The summed E-state index contributed by atoms with van der Waals surface area (Å²) in [6.45, 7) is 7.21. The van der Waals surface area contributed by atoms with Gasteiger partial charge in [0.05, 0.1) is 0 Å². The third-order valence-electron chi connectivity index (χ3n) is 3.39. The highest BCUT2D eigenvalue weighted by Crippen LogP contribution is 2.26. The monoisotopic (exact) mass is 304 g/mol. The first-order valence-electron chi connectivity index (χ1n) is 7.29. The molecule has 1 aromatic carbocycles. The molecule has 1 atom stereocenters. The molecule has 2 rings (SSSR count). The normalized spacial score (nSPS) is 12.2. The number of nitrogens with zero attached hydrogens (tertiary/aromatic N) is 1. The minimum absolute atomic E-state index is 0.291. The second-order valence-corrected chi connectivity index (χ2v) is 5.33. The molecule has 3 nitrogen and oxygen atoms in total. The van der Waals surface area contributed by atoms with Crippen LogP contribution < -0.4 is 10.1 Å². The summed E-state index contributed by atoms with van der Waals surface area (Å²) >= 11 is 6.11. The van der Waals surface area contributed by atoms with Crippen molar-refractivity contribution in [2.45, 2.75) is 33.2 Å². The predicted molar refractivity (Wildman–Crippen MR) is 87.2 cm³/mol. The Morgan fingerprint density at radius 2 is 2.05 bits per heavy atom. The fourth-order valence-electron chi connectivity index (χ4n) is 2.14. The van der Waals surface area contributed by atoms with Crippen molar-refractivity contribution in [1.82, 2.24) is 10.3 Å². The predicted octanol–water partition coefficient (Wildman–Crippen LogP) is 4.76. The number of ether oxygens (including phenoxy) is 1. The number of nitrogens with one attached hydrogen (secondary N) is 1.